The smallest absolute Gasteiger partial charge is 0.246 e. The van der Waals surface area contributed by atoms with E-state index in [1.54, 1.807) is 0 Å². The number of hydrogen-bond donors (Lipinski definition) is 4. The quantitative estimate of drug-likeness (QED) is 0.157. The Kier molecular flexibility index (Phi) is 9.68. The van der Waals surface area contributed by atoms with Gasteiger partial charge in [0, 0.05) is 13.0 Å². The van der Waals surface area contributed by atoms with Crippen molar-refractivity contribution >= 4 is 24.2 Å². The minimum atomic E-state index is -0.566. The third kappa shape index (κ3) is 6.77. The predicted molar refractivity (Wildman–Crippen MR) is 111 cm³/mol. The molecule has 0 spiro atoms. The Bertz CT molecular complexity index is 691. The zero-order valence-corrected chi connectivity index (χ0v) is 17.8. The molecule has 2 heterocycles. The summed E-state index contributed by atoms with van der Waals surface area (Å²) in [6.45, 7) is 4.68. The molecule has 1 aromatic heterocycles. The standard InChI is InChI=1S/C19H33N7O4/c1-3-5-6-8-14(11-25(30)13-28)17(29)23-24-18-20-16(4-2)21-19(22-18)26-10-7-9-15(26)12-27/h13-15,27,30H,3-12H2,1-2H3,(H,23,29)(H,20,21,22,24)/t14-,15+/m1/s1. The number of aliphatic hydroxyl groups excluding tert-OH is 1. The molecule has 1 aliphatic heterocycles. The van der Waals surface area contributed by atoms with Gasteiger partial charge in [-0.3, -0.25) is 25.6 Å². The minimum absolute atomic E-state index is 0.0265. The molecule has 11 heteroatoms. The number of nitrogens with one attached hydrogen (secondary N) is 2. The van der Waals surface area contributed by atoms with Crippen molar-refractivity contribution < 1.29 is 19.9 Å². The Morgan fingerprint density at radius 2 is 2.13 bits per heavy atom. The van der Waals surface area contributed by atoms with Crippen LogP contribution in [0.15, 0.2) is 0 Å². The molecule has 0 aliphatic carbocycles. The maximum atomic E-state index is 12.6. The molecule has 1 fully saturated rings. The van der Waals surface area contributed by atoms with Crippen LogP contribution in [0.3, 0.4) is 0 Å². The van der Waals surface area contributed by atoms with Crippen LogP contribution in [0.4, 0.5) is 11.9 Å². The van der Waals surface area contributed by atoms with E-state index >= 15 is 0 Å². The molecule has 168 valence electrons. The highest BCUT2D eigenvalue weighted by atomic mass is 16.5. The fourth-order valence-electron chi connectivity index (χ4n) is 3.47. The Hall–Kier alpha value is -2.53. The lowest BCUT2D eigenvalue weighted by Crippen LogP contribution is -2.41. The number of aryl methyl sites for hydroxylation is 1. The summed E-state index contributed by atoms with van der Waals surface area (Å²) in [6.07, 6.45) is 6.02. The van der Waals surface area contributed by atoms with E-state index in [0.29, 0.717) is 29.7 Å². The number of amides is 2. The van der Waals surface area contributed by atoms with Gasteiger partial charge in [0.1, 0.15) is 5.82 Å². The van der Waals surface area contributed by atoms with Gasteiger partial charge in [-0.1, -0.05) is 33.1 Å². The number of aliphatic hydroxyl groups is 1. The maximum absolute atomic E-state index is 12.6. The summed E-state index contributed by atoms with van der Waals surface area (Å²) < 4.78 is 0. The molecule has 0 radical (unpaired) electrons. The molecule has 0 saturated carbocycles. The molecule has 30 heavy (non-hydrogen) atoms. The van der Waals surface area contributed by atoms with Crippen LogP contribution in [0.1, 0.15) is 58.2 Å². The number of hydrogen-bond acceptors (Lipinski definition) is 9. The zero-order chi connectivity index (χ0) is 21.9. The first-order valence-electron chi connectivity index (χ1n) is 10.6. The molecule has 0 aromatic carbocycles. The van der Waals surface area contributed by atoms with Gasteiger partial charge >= 0.3 is 0 Å². The van der Waals surface area contributed by atoms with Crippen LogP contribution in [0, 0.1) is 5.92 Å². The number of hydroxylamine groups is 2. The largest absolute Gasteiger partial charge is 0.394 e. The molecule has 0 unspecified atom stereocenters. The van der Waals surface area contributed by atoms with E-state index in [1.165, 1.54) is 0 Å². The van der Waals surface area contributed by atoms with Crippen molar-refractivity contribution in [2.24, 2.45) is 5.92 Å². The minimum Gasteiger partial charge on any atom is -0.394 e. The molecule has 2 rings (SSSR count). The molecule has 1 aliphatic rings. The highest BCUT2D eigenvalue weighted by molar-refractivity contribution is 5.80. The molecule has 2 atom stereocenters. The van der Waals surface area contributed by atoms with Gasteiger partial charge in [0.2, 0.25) is 24.2 Å². The van der Waals surface area contributed by atoms with Crippen LogP contribution in [0.5, 0.6) is 0 Å². The van der Waals surface area contributed by atoms with Gasteiger partial charge in [0.25, 0.3) is 0 Å². The SMILES string of the molecule is CCCCC[C@H](CN(O)C=O)C(=O)NNc1nc(CC)nc(N2CCC[C@H]2CO)n1. The van der Waals surface area contributed by atoms with E-state index in [2.05, 4.69) is 32.7 Å². The summed E-state index contributed by atoms with van der Waals surface area (Å²) in [5.41, 5.74) is 5.33. The van der Waals surface area contributed by atoms with Crippen molar-refractivity contribution in [1.29, 1.82) is 0 Å². The van der Waals surface area contributed by atoms with Gasteiger partial charge in [-0.25, -0.2) is 5.06 Å². The number of hydrazine groups is 1. The second-order valence-corrected chi connectivity index (χ2v) is 7.44. The zero-order valence-electron chi connectivity index (χ0n) is 17.8. The topological polar surface area (TPSA) is 144 Å². The van der Waals surface area contributed by atoms with E-state index in [9.17, 15) is 19.9 Å². The summed E-state index contributed by atoms with van der Waals surface area (Å²) in [5.74, 6) is 0.321. The fraction of sp³-hybridized carbons (Fsp3) is 0.737. The lowest BCUT2D eigenvalue weighted by atomic mass is 10.0. The molecule has 1 aromatic rings. The van der Waals surface area contributed by atoms with Gasteiger partial charge in [0.15, 0.2) is 0 Å². The summed E-state index contributed by atoms with van der Waals surface area (Å²) in [7, 11) is 0. The summed E-state index contributed by atoms with van der Waals surface area (Å²) in [6, 6.07) is -0.0265. The number of unbranched alkanes of at least 4 members (excludes halogenated alkanes) is 2. The van der Waals surface area contributed by atoms with E-state index < -0.39 is 5.92 Å². The summed E-state index contributed by atoms with van der Waals surface area (Å²) in [5, 5.41) is 19.6. The van der Waals surface area contributed by atoms with Crippen LogP contribution in [-0.2, 0) is 16.0 Å². The second-order valence-electron chi connectivity index (χ2n) is 7.44. The highest BCUT2D eigenvalue weighted by Crippen LogP contribution is 2.23. The average Bonchev–Trinajstić information content (AvgIpc) is 3.25. The fourth-order valence-corrected chi connectivity index (χ4v) is 3.47. The molecule has 4 N–H and O–H groups in total. The average molecular weight is 424 g/mol. The molecule has 0 bridgehead atoms. The van der Waals surface area contributed by atoms with Crippen molar-refractivity contribution in [1.82, 2.24) is 25.4 Å². The van der Waals surface area contributed by atoms with Gasteiger partial charge < -0.3 is 10.0 Å². The summed E-state index contributed by atoms with van der Waals surface area (Å²) in [4.78, 5) is 38.5. The van der Waals surface area contributed by atoms with Crippen molar-refractivity contribution in [3.05, 3.63) is 5.82 Å². The van der Waals surface area contributed by atoms with Crippen LogP contribution < -0.4 is 15.8 Å². The monoisotopic (exact) mass is 423 g/mol. The van der Waals surface area contributed by atoms with Crippen LogP contribution in [0.25, 0.3) is 0 Å². The van der Waals surface area contributed by atoms with E-state index in [-0.39, 0.29) is 37.5 Å². The number of carbonyl (C=O) groups is 2. The third-order valence-corrected chi connectivity index (χ3v) is 5.18. The normalized spacial score (nSPS) is 16.9. The molecule has 1 saturated heterocycles. The number of carbonyl (C=O) groups excluding carboxylic acids is 2. The first kappa shape index (κ1) is 23.7. The van der Waals surface area contributed by atoms with E-state index in [0.717, 1.165) is 38.6 Å². The van der Waals surface area contributed by atoms with Gasteiger partial charge in [0.05, 0.1) is 25.1 Å². The highest BCUT2D eigenvalue weighted by Gasteiger charge is 2.27. The van der Waals surface area contributed by atoms with Crippen molar-refractivity contribution in [3.63, 3.8) is 0 Å². The number of rotatable bonds is 13. The lowest BCUT2D eigenvalue weighted by Gasteiger charge is -2.24. The maximum Gasteiger partial charge on any atom is 0.246 e. The van der Waals surface area contributed by atoms with Gasteiger partial charge in [-0.05, 0) is 19.3 Å². The van der Waals surface area contributed by atoms with Crippen molar-refractivity contribution in [3.8, 4) is 0 Å². The first-order chi connectivity index (χ1) is 14.5. The van der Waals surface area contributed by atoms with Crippen molar-refractivity contribution in [2.75, 3.05) is 30.0 Å². The van der Waals surface area contributed by atoms with E-state index in [1.807, 2.05) is 11.8 Å². The predicted octanol–water partition coefficient (Wildman–Crippen LogP) is 0.882. The molecule has 11 nitrogen and oxygen atoms in total. The van der Waals surface area contributed by atoms with Gasteiger partial charge in [-0.2, -0.15) is 15.0 Å². The Balaban J connectivity index is 2.07. The number of nitrogens with zero attached hydrogens (tertiary/aromatic N) is 5. The Labute approximate surface area is 176 Å². The van der Waals surface area contributed by atoms with Gasteiger partial charge in [-0.15, -0.1) is 0 Å². The first-order valence-corrected chi connectivity index (χ1v) is 10.6. The van der Waals surface area contributed by atoms with Crippen LogP contribution in [0.2, 0.25) is 0 Å². The molecular weight excluding hydrogens is 390 g/mol. The molecule has 2 amide bonds. The second kappa shape index (κ2) is 12.2. The summed E-state index contributed by atoms with van der Waals surface area (Å²) >= 11 is 0. The number of anilines is 2. The lowest BCUT2D eigenvalue weighted by molar-refractivity contribution is -0.154. The number of aromatic nitrogens is 3. The van der Waals surface area contributed by atoms with Crippen LogP contribution in [-0.4, -0.2) is 68.4 Å². The van der Waals surface area contributed by atoms with Crippen LogP contribution >= 0.6 is 0 Å². The molecular formula is C19H33N7O4. The Morgan fingerprint density at radius 3 is 2.80 bits per heavy atom. The van der Waals surface area contributed by atoms with E-state index in [4.69, 9.17) is 0 Å². The third-order valence-electron chi connectivity index (χ3n) is 5.18. The Morgan fingerprint density at radius 1 is 1.33 bits per heavy atom. The van der Waals surface area contributed by atoms with Crippen molar-refractivity contribution in [2.45, 2.75) is 64.8 Å².